The first-order valence-corrected chi connectivity index (χ1v) is 7.28. The van der Waals surface area contributed by atoms with E-state index >= 15 is 0 Å². The Labute approximate surface area is 119 Å². The van der Waals surface area contributed by atoms with Gasteiger partial charge in [-0.05, 0) is 31.6 Å². The number of carboxylic acid groups (broad SMARTS) is 1. The van der Waals surface area contributed by atoms with Crippen LogP contribution >= 0.6 is 0 Å². The van der Waals surface area contributed by atoms with Gasteiger partial charge in [0.05, 0.1) is 5.92 Å². The molecule has 2 heterocycles. The summed E-state index contributed by atoms with van der Waals surface area (Å²) in [4.78, 5) is 24.9. The summed E-state index contributed by atoms with van der Waals surface area (Å²) < 4.78 is 5.34. The first-order valence-electron chi connectivity index (χ1n) is 7.28. The molecule has 2 fully saturated rings. The van der Waals surface area contributed by atoms with Crippen molar-refractivity contribution in [3.63, 3.8) is 0 Å². The van der Waals surface area contributed by atoms with Crippen molar-refractivity contribution in [3.05, 3.63) is 0 Å². The molecular weight excluding hydrogens is 260 g/mol. The topological polar surface area (TPSA) is 78.9 Å². The van der Waals surface area contributed by atoms with Crippen LogP contribution in [0.15, 0.2) is 0 Å². The van der Waals surface area contributed by atoms with Gasteiger partial charge in [0.15, 0.2) is 0 Å². The van der Waals surface area contributed by atoms with Gasteiger partial charge < -0.3 is 20.1 Å². The number of ether oxygens (including phenoxy) is 1. The number of nitrogens with zero attached hydrogens (tertiary/aromatic N) is 1. The van der Waals surface area contributed by atoms with E-state index in [1.54, 1.807) is 4.90 Å². The van der Waals surface area contributed by atoms with Gasteiger partial charge in [-0.15, -0.1) is 0 Å². The quantitative estimate of drug-likeness (QED) is 0.819. The molecule has 0 radical (unpaired) electrons. The van der Waals surface area contributed by atoms with Crippen LogP contribution in [0.25, 0.3) is 0 Å². The summed E-state index contributed by atoms with van der Waals surface area (Å²) in [7, 11) is 0. The van der Waals surface area contributed by atoms with E-state index in [1.165, 1.54) is 0 Å². The number of aliphatic carboxylic acids is 1. The van der Waals surface area contributed by atoms with Crippen molar-refractivity contribution < 1.29 is 19.4 Å². The van der Waals surface area contributed by atoms with Gasteiger partial charge in [-0.25, -0.2) is 4.79 Å². The zero-order chi connectivity index (χ0) is 14.8. The molecule has 2 N–H and O–H groups in total. The maximum atomic E-state index is 12.2. The van der Waals surface area contributed by atoms with Crippen molar-refractivity contribution in [2.24, 2.45) is 11.3 Å². The van der Waals surface area contributed by atoms with Crippen molar-refractivity contribution in [2.75, 3.05) is 26.3 Å². The average molecular weight is 284 g/mol. The standard InChI is InChI=1S/C14H24N2O4/c1-10-11(12(17)18)3-6-16(10)13(19)15-9-14(2)4-7-20-8-5-14/h10-11H,3-9H2,1-2H3,(H,15,19)(H,17,18). The molecule has 2 saturated heterocycles. The van der Waals surface area contributed by atoms with E-state index in [1.807, 2.05) is 6.92 Å². The smallest absolute Gasteiger partial charge is 0.317 e. The molecule has 0 aromatic heterocycles. The lowest BCUT2D eigenvalue weighted by atomic mass is 9.82. The summed E-state index contributed by atoms with van der Waals surface area (Å²) in [6.45, 7) is 6.59. The first kappa shape index (κ1) is 15.1. The van der Waals surface area contributed by atoms with Crippen LogP contribution < -0.4 is 5.32 Å². The van der Waals surface area contributed by atoms with Gasteiger partial charge in [-0.1, -0.05) is 6.92 Å². The SMILES string of the molecule is CC1C(C(=O)O)CCN1C(=O)NCC1(C)CCOCC1. The van der Waals surface area contributed by atoms with Crippen LogP contribution in [0.1, 0.15) is 33.1 Å². The minimum atomic E-state index is -0.816. The Balaban J connectivity index is 1.85. The van der Waals surface area contributed by atoms with Crippen LogP contribution in [0.5, 0.6) is 0 Å². The molecule has 2 aliphatic heterocycles. The molecule has 0 spiro atoms. The van der Waals surface area contributed by atoms with Crippen molar-refractivity contribution in [2.45, 2.75) is 39.2 Å². The number of likely N-dealkylation sites (tertiary alicyclic amines) is 1. The van der Waals surface area contributed by atoms with E-state index in [2.05, 4.69) is 12.2 Å². The van der Waals surface area contributed by atoms with Gasteiger partial charge in [-0.2, -0.15) is 0 Å². The number of hydrogen-bond acceptors (Lipinski definition) is 3. The highest BCUT2D eigenvalue weighted by Crippen LogP contribution is 2.29. The Kier molecular flexibility index (Phi) is 4.52. The number of carboxylic acids is 1. The van der Waals surface area contributed by atoms with E-state index in [-0.39, 0.29) is 17.5 Å². The molecule has 0 aromatic carbocycles. The maximum absolute atomic E-state index is 12.2. The van der Waals surface area contributed by atoms with E-state index in [0.29, 0.717) is 19.5 Å². The summed E-state index contributed by atoms with van der Waals surface area (Å²) in [5.41, 5.74) is 0.0864. The zero-order valence-electron chi connectivity index (χ0n) is 12.2. The van der Waals surface area contributed by atoms with Crippen LogP contribution in [-0.4, -0.2) is 54.4 Å². The molecule has 2 amide bonds. The summed E-state index contributed by atoms with van der Waals surface area (Å²) in [6.07, 6.45) is 2.43. The van der Waals surface area contributed by atoms with Crippen molar-refractivity contribution in [1.82, 2.24) is 10.2 Å². The molecule has 2 atom stereocenters. The fourth-order valence-electron chi connectivity index (χ4n) is 2.99. The van der Waals surface area contributed by atoms with Crippen molar-refractivity contribution in [3.8, 4) is 0 Å². The number of carbonyl (C=O) groups excluding carboxylic acids is 1. The lowest BCUT2D eigenvalue weighted by molar-refractivity contribution is -0.142. The normalized spacial score (nSPS) is 29.2. The monoisotopic (exact) mass is 284 g/mol. The number of amides is 2. The molecule has 0 aromatic rings. The summed E-state index contributed by atoms with van der Waals surface area (Å²) in [6, 6.07) is -0.385. The van der Waals surface area contributed by atoms with Crippen LogP contribution in [0.2, 0.25) is 0 Å². The third-order valence-electron chi connectivity index (χ3n) is 4.70. The summed E-state index contributed by atoms with van der Waals surface area (Å²) in [5, 5.41) is 12.0. The third kappa shape index (κ3) is 3.23. The summed E-state index contributed by atoms with van der Waals surface area (Å²) >= 11 is 0. The Bertz CT molecular complexity index is 379. The predicted molar refractivity (Wildman–Crippen MR) is 73.5 cm³/mol. The second-order valence-electron chi connectivity index (χ2n) is 6.25. The third-order valence-corrected chi connectivity index (χ3v) is 4.70. The van der Waals surface area contributed by atoms with E-state index in [0.717, 1.165) is 26.1 Å². The fraction of sp³-hybridized carbons (Fsp3) is 0.857. The summed E-state index contributed by atoms with van der Waals surface area (Å²) in [5.74, 6) is -1.26. The second-order valence-corrected chi connectivity index (χ2v) is 6.25. The van der Waals surface area contributed by atoms with E-state index in [9.17, 15) is 9.59 Å². The van der Waals surface area contributed by atoms with Crippen molar-refractivity contribution in [1.29, 1.82) is 0 Å². The van der Waals surface area contributed by atoms with Crippen LogP contribution in [0.3, 0.4) is 0 Å². The Morgan fingerprint density at radius 2 is 2.05 bits per heavy atom. The lowest BCUT2D eigenvalue weighted by Crippen LogP contribution is -2.47. The Morgan fingerprint density at radius 3 is 2.60 bits per heavy atom. The zero-order valence-corrected chi connectivity index (χ0v) is 12.2. The van der Waals surface area contributed by atoms with E-state index in [4.69, 9.17) is 9.84 Å². The van der Waals surface area contributed by atoms with Crippen molar-refractivity contribution >= 4 is 12.0 Å². The average Bonchev–Trinajstić information content (AvgIpc) is 2.79. The van der Waals surface area contributed by atoms with Gasteiger partial charge in [-0.3, -0.25) is 4.79 Å². The number of hydrogen-bond donors (Lipinski definition) is 2. The van der Waals surface area contributed by atoms with Gasteiger partial charge in [0.2, 0.25) is 0 Å². The minimum Gasteiger partial charge on any atom is -0.481 e. The molecule has 20 heavy (non-hydrogen) atoms. The molecule has 0 saturated carbocycles. The lowest BCUT2D eigenvalue weighted by Gasteiger charge is -2.34. The molecule has 2 unspecified atom stereocenters. The van der Waals surface area contributed by atoms with Crippen LogP contribution in [-0.2, 0) is 9.53 Å². The Morgan fingerprint density at radius 1 is 1.40 bits per heavy atom. The second kappa shape index (κ2) is 5.99. The highest BCUT2D eigenvalue weighted by Gasteiger charge is 2.38. The Hall–Kier alpha value is -1.30. The largest absolute Gasteiger partial charge is 0.481 e. The molecule has 2 aliphatic rings. The molecule has 6 nitrogen and oxygen atoms in total. The minimum absolute atomic E-state index is 0.0864. The molecule has 6 heteroatoms. The number of nitrogens with one attached hydrogen (secondary N) is 1. The first-order chi connectivity index (χ1) is 9.43. The molecule has 0 bridgehead atoms. The predicted octanol–water partition coefficient (Wildman–Crippen LogP) is 1.31. The van der Waals surface area contributed by atoms with Gasteiger partial charge in [0.1, 0.15) is 0 Å². The molecule has 2 rings (SSSR count). The van der Waals surface area contributed by atoms with Gasteiger partial charge in [0, 0.05) is 32.3 Å². The number of carbonyl (C=O) groups is 2. The van der Waals surface area contributed by atoms with E-state index < -0.39 is 11.9 Å². The molecular formula is C14H24N2O4. The van der Waals surface area contributed by atoms with Gasteiger partial charge >= 0.3 is 12.0 Å². The number of urea groups is 1. The number of rotatable bonds is 3. The fourth-order valence-corrected chi connectivity index (χ4v) is 2.99. The van der Waals surface area contributed by atoms with Gasteiger partial charge in [0.25, 0.3) is 0 Å². The maximum Gasteiger partial charge on any atom is 0.317 e. The van der Waals surface area contributed by atoms with Crippen LogP contribution in [0.4, 0.5) is 4.79 Å². The molecule has 0 aliphatic carbocycles. The van der Waals surface area contributed by atoms with Crippen LogP contribution in [0, 0.1) is 11.3 Å². The molecule has 114 valence electrons. The highest BCUT2D eigenvalue weighted by atomic mass is 16.5. The highest BCUT2D eigenvalue weighted by molar-refractivity contribution is 5.78.